The summed E-state index contributed by atoms with van der Waals surface area (Å²) in [6, 6.07) is 9.13. The van der Waals surface area contributed by atoms with Gasteiger partial charge in [0.2, 0.25) is 0 Å². The number of alkyl halides is 3. The van der Waals surface area contributed by atoms with E-state index < -0.39 is 17.7 Å². The van der Waals surface area contributed by atoms with Crippen molar-refractivity contribution in [3.63, 3.8) is 0 Å². The Bertz CT molecular complexity index is 1580. The zero-order valence-electron chi connectivity index (χ0n) is 21.3. The van der Waals surface area contributed by atoms with E-state index in [4.69, 9.17) is 9.26 Å². The van der Waals surface area contributed by atoms with Gasteiger partial charge in [0.25, 0.3) is 0 Å². The number of benzene rings is 1. The molecule has 1 unspecified atom stereocenters. The van der Waals surface area contributed by atoms with Crippen molar-refractivity contribution in [3.05, 3.63) is 65.2 Å². The SMILES string of the molecule is O=C(O)c1cc2nc(N3[C@@H]4CC[C@H]3CC(OCc3c(-c5ccccc5C(F)(F)F)noc3C3CC3)C4)ccn2n1. The van der Waals surface area contributed by atoms with E-state index >= 15 is 0 Å². The largest absolute Gasteiger partial charge is 0.476 e. The lowest BCUT2D eigenvalue weighted by Crippen LogP contribution is -2.46. The number of hydrogen-bond acceptors (Lipinski definition) is 7. The van der Waals surface area contributed by atoms with E-state index in [9.17, 15) is 23.1 Å². The third-order valence-electron chi connectivity index (χ3n) is 8.20. The predicted octanol–water partition coefficient (Wildman–Crippen LogP) is 5.70. The Morgan fingerprint density at radius 2 is 1.85 bits per heavy atom. The van der Waals surface area contributed by atoms with Crippen LogP contribution in [0.3, 0.4) is 0 Å². The van der Waals surface area contributed by atoms with Crippen molar-refractivity contribution in [2.45, 2.75) is 75.4 Å². The Morgan fingerprint density at radius 3 is 2.55 bits per heavy atom. The normalized spacial score (nSPS) is 22.8. The summed E-state index contributed by atoms with van der Waals surface area (Å²) < 4.78 is 54.8. The smallest absolute Gasteiger partial charge is 0.417 e. The van der Waals surface area contributed by atoms with E-state index in [1.807, 2.05) is 6.07 Å². The molecule has 1 aromatic carbocycles. The molecule has 3 aliphatic rings. The molecular weight excluding hydrogens is 527 g/mol. The highest BCUT2D eigenvalue weighted by Crippen LogP contribution is 2.46. The number of rotatable bonds is 7. The first-order chi connectivity index (χ1) is 19.3. The average molecular weight is 554 g/mol. The highest BCUT2D eigenvalue weighted by atomic mass is 19.4. The number of carboxylic acid groups (broad SMARTS) is 1. The molecule has 0 amide bonds. The molecule has 0 radical (unpaired) electrons. The zero-order valence-corrected chi connectivity index (χ0v) is 21.3. The first-order valence-corrected chi connectivity index (χ1v) is 13.4. The first kappa shape index (κ1) is 25.1. The van der Waals surface area contributed by atoms with Gasteiger partial charge < -0.3 is 19.3 Å². The van der Waals surface area contributed by atoms with Crippen LogP contribution in [-0.4, -0.2) is 49.0 Å². The highest BCUT2D eigenvalue weighted by molar-refractivity contribution is 5.86. The third kappa shape index (κ3) is 4.40. The van der Waals surface area contributed by atoms with Crippen molar-refractivity contribution in [3.8, 4) is 11.3 Å². The quantitative estimate of drug-likeness (QED) is 0.311. The summed E-state index contributed by atoms with van der Waals surface area (Å²) in [5.74, 6) is 0.470. The molecule has 3 fully saturated rings. The lowest BCUT2D eigenvalue weighted by molar-refractivity contribution is -0.137. The number of carbonyl (C=O) groups is 1. The Balaban J connectivity index is 1.10. The monoisotopic (exact) mass is 553 g/mol. The topological polar surface area (TPSA) is 106 Å². The Labute approximate surface area is 226 Å². The van der Waals surface area contributed by atoms with Gasteiger partial charge in [-0.15, -0.1) is 0 Å². The minimum absolute atomic E-state index is 0.00605. The summed E-state index contributed by atoms with van der Waals surface area (Å²) in [4.78, 5) is 18.3. The molecule has 2 saturated heterocycles. The molecule has 2 bridgehead atoms. The van der Waals surface area contributed by atoms with Crippen LogP contribution in [0.15, 0.2) is 47.1 Å². The third-order valence-corrected chi connectivity index (χ3v) is 8.20. The molecule has 3 atom stereocenters. The molecule has 2 aliphatic heterocycles. The summed E-state index contributed by atoms with van der Waals surface area (Å²) in [5.41, 5.74) is 0.490. The number of aromatic carboxylic acids is 1. The minimum atomic E-state index is -4.51. The fourth-order valence-corrected chi connectivity index (χ4v) is 6.23. The maximum absolute atomic E-state index is 13.8. The van der Waals surface area contributed by atoms with Crippen LogP contribution in [0.5, 0.6) is 0 Å². The van der Waals surface area contributed by atoms with Crippen molar-refractivity contribution < 1.29 is 32.3 Å². The van der Waals surface area contributed by atoms with Gasteiger partial charge in [-0.2, -0.15) is 18.3 Å². The minimum Gasteiger partial charge on any atom is -0.476 e. The van der Waals surface area contributed by atoms with E-state index in [0.717, 1.165) is 50.4 Å². The molecular formula is C28H26F3N5O4. The lowest BCUT2D eigenvalue weighted by Gasteiger charge is -2.39. The van der Waals surface area contributed by atoms with Crippen LogP contribution < -0.4 is 4.90 Å². The van der Waals surface area contributed by atoms with Crippen LogP contribution in [0, 0.1) is 0 Å². The number of aromatic nitrogens is 4. The van der Waals surface area contributed by atoms with E-state index in [-0.39, 0.29) is 47.7 Å². The molecule has 7 rings (SSSR count). The van der Waals surface area contributed by atoms with E-state index in [1.54, 1.807) is 12.3 Å². The fraction of sp³-hybridized carbons (Fsp3) is 0.429. The second-order valence-electron chi connectivity index (χ2n) is 10.8. The van der Waals surface area contributed by atoms with Crippen molar-refractivity contribution in [2.75, 3.05) is 4.90 Å². The maximum atomic E-state index is 13.8. The fourth-order valence-electron chi connectivity index (χ4n) is 6.23. The van der Waals surface area contributed by atoms with E-state index in [0.29, 0.717) is 17.0 Å². The predicted molar refractivity (Wildman–Crippen MR) is 136 cm³/mol. The summed E-state index contributed by atoms with van der Waals surface area (Å²) in [7, 11) is 0. The molecule has 1 N–H and O–H groups in total. The van der Waals surface area contributed by atoms with Gasteiger partial charge in [0.1, 0.15) is 17.3 Å². The van der Waals surface area contributed by atoms with Crippen molar-refractivity contribution in [2.24, 2.45) is 0 Å². The highest BCUT2D eigenvalue weighted by Gasteiger charge is 2.43. The van der Waals surface area contributed by atoms with Crippen LogP contribution in [0.4, 0.5) is 19.0 Å². The van der Waals surface area contributed by atoms with Gasteiger partial charge in [-0.3, -0.25) is 0 Å². The second-order valence-corrected chi connectivity index (χ2v) is 10.8. The second kappa shape index (κ2) is 9.33. The number of halogens is 3. The summed E-state index contributed by atoms with van der Waals surface area (Å²) in [5, 5.41) is 17.4. The summed E-state index contributed by atoms with van der Waals surface area (Å²) in [6.07, 6.45) is 2.44. The number of hydrogen-bond donors (Lipinski definition) is 1. The molecule has 4 aromatic rings. The molecule has 208 valence electrons. The van der Waals surface area contributed by atoms with Crippen LogP contribution in [-0.2, 0) is 17.5 Å². The van der Waals surface area contributed by atoms with E-state index in [1.165, 1.54) is 22.7 Å². The van der Waals surface area contributed by atoms with Crippen molar-refractivity contribution in [1.29, 1.82) is 0 Å². The van der Waals surface area contributed by atoms with Gasteiger partial charge in [0.15, 0.2) is 11.3 Å². The molecule has 40 heavy (non-hydrogen) atoms. The van der Waals surface area contributed by atoms with Crippen molar-refractivity contribution >= 4 is 17.4 Å². The first-order valence-electron chi connectivity index (χ1n) is 13.4. The number of carboxylic acids is 1. The Kier molecular flexibility index (Phi) is 5.84. The maximum Gasteiger partial charge on any atom is 0.417 e. The van der Waals surface area contributed by atoms with Crippen LogP contribution in [0.2, 0.25) is 0 Å². The number of nitrogens with zero attached hydrogens (tertiary/aromatic N) is 5. The molecule has 5 heterocycles. The molecule has 3 aromatic heterocycles. The Morgan fingerprint density at radius 1 is 1.10 bits per heavy atom. The van der Waals surface area contributed by atoms with Gasteiger partial charge in [-0.05, 0) is 50.7 Å². The zero-order chi connectivity index (χ0) is 27.6. The van der Waals surface area contributed by atoms with Crippen LogP contribution in [0.1, 0.15) is 71.8 Å². The summed E-state index contributed by atoms with van der Waals surface area (Å²) in [6.45, 7) is 0.138. The molecule has 1 aliphatic carbocycles. The van der Waals surface area contributed by atoms with Gasteiger partial charge in [0.05, 0.1) is 18.3 Å². The molecule has 9 nitrogen and oxygen atoms in total. The number of anilines is 1. The lowest BCUT2D eigenvalue weighted by atomic mass is 9.98. The Hall–Kier alpha value is -3.93. The van der Waals surface area contributed by atoms with Crippen LogP contribution >= 0.6 is 0 Å². The number of ether oxygens (including phenoxy) is 1. The van der Waals surface area contributed by atoms with Crippen LogP contribution in [0.25, 0.3) is 16.9 Å². The van der Waals surface area contributed by atoms with Gasteiger partial charge in [-0.25, -0.2) is 14.3 Å². The summed E-state index contributed by atoms with van der Waals surface area (Å²) >= 11 is 0. The number of piperidine rings is 1. The molecule has 12 heteroatoms. The van der Waals surface area contributed by atoms with E-state index in [2.05, 4.69) is 20.1 Å². The molecule has 1 saturated carbocycles. The van der Waals surface area contributed by atoms with Gasteiger partial charge >= 0.3 is 12.1 Å². The standard InChI is InChI=1S/C28H26F3N5O4/c29-28(30,31)21-4-2-1-3-19(21)25-20(26(40-34-25)15-5-6-15)14-39-18-11-16-7-8-17(12-18)36(16)23-9-10-35-24(32-23)13-22(33-35)27(37)38/h1-4,9-10,13,15-18H,5-8,11-12,14H2,(H,37,38)/t16-,17+,18?. The van der Waals surface area contributed by atoms with Gasteiger partial charge in [0, 0.05) is 41.4 Å². The molecule has 0 spiro atoms. The average Bonchev–Trinajstić information content (AvgIpc) is 3.43. The number of fused-ring (bicyclic) bond motifs is 3. The van der Waals surface area contributed by atoms with Crippen molar-refractivity contribution in [1.82, 2.24) is 19.8 Å². The van der Waals surface area contributed by atoms with Gasteiger partial charge in [-0.1, -0.05) is 23.4 Å².